The number of rotatable bonds is 5. The number of ether oxygens (including phenoxy) is 1. The van der Waals surface area contributed by atoms with Crippen LogP contribution in [-0.4, -0.2) is 29.1 Å². The van der Waals surface area contributed by atoms with Crippen LogP contribution in [0.2, 0.25) is 10.0 Å². The largest absolute Gasteiger partial charge is 0.497 e. The third-order valence-corrected chi connectivity index (χ3v) is 6.67. The zero-order valence-electron chi connectivity index (χ0n) is 17.8. The minimum atomic E-state index is -0.376. The lowest BCUT2D eigenvalue weighted by Gasteiger charge is -2.19. The number of nitrogens with zero attached hydrogens (tertiary/aromatic N) is 3. The lowest BCUT2D eigenvalue weighted by atomic mass is 10.1. The molecule has 5 nitrogen and oxygen atoms in total. The summed E-state index contributed by atoms with van der Waals surface area (Å²) in [6.07, 6.45) is 0.266. The molecule has 0 unspecified atom stereocenters. The van der Waals surface area contributed by atoms with Crippen LogP contribution >= 0.6 is 23.2 Å². The van der Waals surface area contributed by atoms with Crippen LogP contribution in [0.15, 0.2) is 60.7 Å². The average Bonchev–Trinajstić information content (AvgIpc) is 3.37. The van der Waals surface area contributed by atoms with E-state index in [0.717, 1.165) is 11.0 Å². The van der Waals surface area contributed by atoms with Crippen LogP contribution in [0.3, 0.4) is 0 Å². The molecular weight excluding hydrogens is 464 g/mol. The van der Waals surface area contributed by atoms with Crippen LogP contribution in [0.5, 0.6) is 5.75 Å². The Hall–Kier alpha value is -3.09. The maximum Gasteiger partial charge on any atom is 0.227 e. The molecule has 0 bridgehead atoms. The first kappa shape index (κ1) is 21.7. The van der Waals surface area contributed by atoms with E-state index >= 15 is 0 Å². The van der Waals surface area contributed by atoms with Gasteiger partial charge in [0.1, 0.15) is 17.4 Å². The molecule has 168 valence electrons. The Morgan fingerprint density at radius 1 is 1.09 bits per heavy atom. The van der Waals surface area contributed by atoms with Crippen molar-refractivity contribution >= 4 is 45.8 Å². The molecule has 0 radical (unpaired) electrons. The van der Waals surface area contributed by atoms with E-state index in [0.29, 0.717) is 39.4 Å². The number of hydrogen-bond donors (Lipinski definition) is 0. The summed E-state index contributed by atoms with van der Waals surface area (Å²) in [5, 5.41) is 0.822. The molecule has 1 saturated heterocycles. The highest BCUT2D eigenvalue weighted by molar-refractivity contribution is 6.34. The van der Waals surface area contributed by atoms with Gasteiger partial charge in [0.2, 0.25) is 5.91 Å². The van der Waals surface area contributed by atoms with Gasteiger partial charge >= 0.3 is 0 Å². The smallest absolute Gasteiger partial charge is 0.227 e. The standard InChI is InChI=1S/C25H20Cl2FN3O2/c1-33-16-9-10-19(27)23(12-16)30-13-15(11-24(30)32)25-29-21-7-2-3-8-22(21)31(25)14-17-18(26)5-4-6-20(17)28/h2-10,12,15H,11,13-14H2,1H3/t15-/m1/s1. The van der Waals surface area contributed by atoms with Crippen LogP contribution in [0.4, 0.5) is 10.1 Å². The number of hydrogen-bond acceptors (Lipinski definition) is 3. The predicted octanol–water partition coefficient (Wildman–Crippen LogP) is 6.06. The predicted molar refractivity (Wildman–Crippen MR) is 128 cm³/mol. The number of imidazole rings is 1. The summed E-state index contributed by atoms with van der Waals surface area (Å²) in [5.41, 5.74) is 2.63. The fraction of sp³-hybridized carbons (Fsp3) is 0.200. The third-order valence-electron chi connectivity index (χ3n) is 6.00. The maximum absolute atomic E-state index is 14.6. The number of halogens is 3. The number of carbonyl (C=O) groups excluding carboxylic acids is 1. The van der Waals surface area contributed by atoms with Crippen LogP contribution in [0.25, 0.3) is 11.0 Å². The molecule has 2 heterocycles. The number of carbonyl (C=O) groups is 1. The van der Waals surface area contributed by atoms with E-state index in [4.69, 9.17) is 32.9 Å². The van der Waals surface area contributed by atoms with E-state index in [2.05, 4.69) is 0 Å². The second-order valence-corrected chi connectivity index (χ2v) is 8.78. The first-order valence-electron chi connectivity index (χ1n) is 10.5. The highest BCUT2D eigenvalue weighted by atomic mass is 35.5. The lowest BCUT2D eigenvalue weighted by Crippen LogP contribution is -2.25. The van der Waals surface area contributed by atoms with Crippen molar-refractivity contribution in [2.45, 2.75) is 18.9 Å². The molecule has 1 aromatic heterocycles. The molecule has 8 heteroatoms. The molecule has 3 aromatic carbocycles. The number of benzene rings is 3. The zero-order chi connectivity index (χ0) is 23.1. The first-order chi connectivity index (χ1) is 16.0. The summed E-state index contributed by atoms with van der Waals surface area (Å²) in [5.74, 6) is 0.700. The molecule has 0 N–H and O–H groups in total. The number of fused-ring (bicyclic) bond motifs is 1. The van der Waals surface area contributed by atoms with Gasteiger partial charge in [0.25, 0.3) is 0 Å². The third kappa shape index (κ3) is 3.94. The van der Waals surface area contributed by atoms with Crippen molar-refractivity contribution in [1.82, 2.24) is 9.55 Å². The highest BCUT2D eigenvalue weighted by Gasteiger charge is 2.36. The molecule has 1 atom stereocenters. The minimum absolute atomic E-state index is 0.0577. The van der Waals surface area contributed by atoms with Crippen molar-refractivity contribution in [3.05, 3.63) is 87.9 Å². The number of aromatic nitrogens is 2. The Morgan fingerprint density at radius 3 is 2.70 bits per heavy atom. The van der Waals surface area contributed by atoms with Crippen molar-refractivity contribution in [3.8, 4) is 5.75 Å². The molecule has 33 heavy (non-hydrogen) atoms. The van der Waals surface area contributed by atoms with Crippen LogP contribution < -0.4 is 9.64 Å². The summed E-state index contributed by atoms with van der Waals surface area (Å²) >= 11 is 12.7. The molecule has 1 amide bonds. The van der Waals surface area contributed by atoms with Crippen molar-refractivity contribution < 1.29 is 13.9 Å². The summed E-state index contributed by atoms with van der Waals surface area (Å²) in [4.78, 5) is 19.5. The highest BCUT2D eigenvalue weighted by Crippen LogP contribution is 2.38. The summed E-state index contributed by atoms with van der Waals surface area (Å²) in [6.45, 7) is 0.617. The maximum atomic E-state index is 14.6. The normalized spacial score (nSPS) is 16.1. The van der Waals surface area contributed by atoms with Gasteiger partial charge < -0.3 is 14.2 Å². The molecule has 1 aliphatic rings. The Labute approximate surface area is 200 Å². The van der Waals surface area contributed by atoms with Crippen molar-refractivity contribution in [3.63, 3.8) is 0 Å². The number of methoxy groups -OCH3 is 1. The topological polar surface area (TPSA) is 47.4 Å². The van der Waals surface area contributed by atoms with Gasteiger partial charge in [0.15, 0.2) is 0 Å². The molecule has 0 saturated carbocycles. The fourth-order valence-corrected chi connectivity index (χ4v) is 4.80. The number of para-hydroxylation sites is 2. The van der Waals surface area contributed by atoms with E-state index in [1.807, 2.05) is 28.8 Å². The monoisotopic (exact) mass is 483 g/mol. The summed E-state index contributed by atoms with van der Waals surface area (Å²) in [7, 11) is 1.57. The Balaban J connectivity index is 1.56. The molecule has 0 aliphatic carbocycles. The molecule has 1 fully saturated rings. The second-order valence-electron chi connectivity index (χ2n) is 7.97. The van der Waals surface area contributed by atoms with Gasteiger partial charge in [-0.3, -0.25) is 4.79 Å². The molecule has 0 spiro atoms. The van der Waals surface area contributed by atoms with E-state index in [1.165, 1.54) is 6.07 Å². The zero-order valence-corrected chi connectivity index (χ0v) is 19.3. The van der Waals surface area contributed by atoms with E-state index in [1.54, 1.807) is 42.3 Å². The number of anilines is 1. The molecule has 5 rings (SSSR count). The summed E-state index contributed by atoms with van der Waals surface area (Å²) < 4.78 is 21.9. The van der Waals surface area contributed by atoms with Gasteiger partial charge in [-0.25, -0.2) is 9.37 Å². The van der Waals surface area contributed by atoms with Crippen molar-refractivity contribution in [2.24, 2.45) is 0 Å². The van der Waals surface area contributed by atoms with Gasteiger partial charge in [-0.1, -0.05) is 41.4 Å². The number of amides is 1. The molecule has 1 aliphatic heterocycles. The Bertz CT molecular complexity index is 1350. The van der Waals surface area contributed by atoms with Gasteiger partial charge in [0, 0.05) is 35.5 Å². The SMILES string of the molecule is COc1ccc(Cl)c(N2C[C@H](c3nc4ccccc4n3Cc3c(F)cccc3Cl)CC2=O)c1. The minimum Gasteiger partial charge on any atom is -0.497 e. The van der Waals surface area contributed by atoms with Crippen molar-refractivity contribution in [1.29, 1.82) is 0 Å². The van der Waals surface area contributed by atoms with Gasteiger partial charge in [-0.2, -0.15) is 0 Å². The van der Waals surface area contributed by atoms with E-state index in [-0.39, 0.29) is 30.6 Å². The average molecular weight is 484 g/mol. The Kier molecular flexibility index (Phi) is 5.72. The van der Waals surface area contributed by atoms with Gasteiger partial charge in [0.05, 0.1) is 35.4 Å². The van der Waals surface area contributed by atoms with E-state index in [9.17, 15) is 9.18 Å². The van der Waals surface area contributed by atoms with Gasteiger partial charge in [-0.05, 0) is 36.4 Å². The Morgan fingerprint density at radius 2 is 1.91 bits per heavy atom. The van der Waals surface area contributed by atoms with Crippen LogP contribution in [0.1, 0.15) is 23.7 Å². The van der Waals surface area contributed by atoms with Crippen molar-refractivity contribution in [2.75, 3.05) is 18.6 Å². The molecular formula is C25H20Cl2FN3O2. The lowest BCUT2D eigenvalue weighted by molar-refractivity contribution is -0.117. The fourth-order valence-electron chi connectivity index (χ4n) is 4.35. The summed E-state index contributed by atoms with van der Waals surface area (Å²) in [6, 6.07) is 17.5. The van der Waals surface area contributed by atoms with E-state index < -0.39 is 0 Å². The molecule has 4 aromatic rings. The first-order valence-corrected chi connectivity index (χ1v) is 11.2. The van der Waals surface area contributed by atoms with Gasteiger partial charge in [-0.15, -0.1) is 0 Å². The second kappa shape index (κ2) is 8.69. The quantitative estimate of drug-likeness (QED) is 0.346. The van der Waals surface area contributed by atoms with Crippen LogP contribution in [-0.2, 0) is 11.3 Å². The van der Waals surface area contributed by atoms with Crippen LogP contribution in [0, 0.1) is 5.82 Å².